The largest absolute Gasteiger partial charge is 0.342 e. The fourth-order valence-electron chi connectivity index (χ4n) is 2.10. The summed E-state index contributed by atoms with van der Waals surface area (Å²) in [6.45, 7) is 6.07. The number of nitrogens with one attached hydrogen (secondary N) is 2. The van der Waals surface area contributed by atoms with Crippen LogP contribution >= 0.6 is 12.2 Å². The Kier molecular flexibility index (Phi) is 4.57. The molecule has 1 aromatic carbocycles. The number of hydrogen-bond donors (Lipinski definition) is 2. The molecule has 5 nitrogen and oxygen atoms in total. The van der Waals surface area contributed by atoms with E-state index in [0.717, 1.165) is 11.4 Å². The Morgan fingerprint density at radius 1 is 1.33 bits per heavy atom. The van der Waals surface area contributed by atoms with E-state index in [1.165, 1.54) is 0 Å². The lowest BCUT2D eigenvalue weighted by Gasteiger charge is -2.21. The fourth-order valence-corrected chi connectivity index (χ4v) is 2.24. The second kappa shape index (κ2) is 6.22. The Hall–Kier alpha value is -1.95. The Balaban J connectivity index is 2.24. The van der Waals surface area contributed by atoms with Gasteiger partial charge in [0.2, 0.25) is 0 Å². The highest BCUT2D eigenvalue weighted by molar-refractivity contribution is 7.71. The molecule has 0 saturated heterocycles. The Morgan fingerprint density at radius 3 is 2.43 bits per heavy atom. The van der Waals surface area contributed by atoms with Crippen LogP contribution in [0.1, 0.15) is 41.6 Å². The first kappa shape index (κ1) is 15.4. The van der Waals surface area contributed by atoms with Gasteiger partial charge in [-0.15, -0.1) is 0 Å². The first-order valence-corrected chi connectivity index (χ1v) is 7.29. The number of amides is 1. The maximum atomic E-state index is 12.4. The average Bonchev–Trinajstić information content (AvgIpc) is 2.76. The summed E-state index contributed by atoms with van der Waals surface area (Å²) >= 11 is 5.13. The van der Waals surface area contributed by atoms with Crippen molar-refractivity contribution >= 4 is 18.1 Å². The van der Waals surface area contributed by atoms with Crippen LogP contribution in [-0.4, -0.2) is 20.7 Å². The quantitative estimate of drug-likeness (QED) is 0.854. The third kappa shape index (κ3) is 3.39. The van der Waals surface area contributed by atoms with Gasteiger partial charge in [0, 0.05) is 12.6 Å². The summed E-state index contributed by atoms with van der Waals surface area (Å²) in [7, 11) is 1.84. The number of aromatic nitrogens is 3. The van der Waals surface area contributed by atoms with Crippen molar-refractivity contribution in [2.24, 2.45) is 13.0 Å². The van der Waals surface area contributed by atoms with Gasteiger partial charge in [0.1, 0.15) is 0 Å². The molecule has 21 heavy (non-hydrogen) atoms. The molecule has 6 heteroatoms. The minimum Gasteiger partial charge on any atom is -0.342 e. The van der Waals surface area contributed by atoms with Gasteiger partial charge in [-0.1, -0.05) is 31.5 Å². The molecule has 0 spiro atoms. The normalized spacial score (nSPS) is 12.4. The summed E-state index contributed by atoms with van der Waals surface area (Å²) in [6.07, 6.45) is 0. The number of H-pyrrole nitrogens is 1. The maximum absolute atomic E-state index is 12.4. The summed E-state index contributed by atoms with van der Waals surface area (Å²) < 4.78 is 2.33. The zero-order valence-corrected chi connectivity index (χ0v) is 13.5. The number of aryl methyl sites for hydroxylation is 1. The molecule has 0 aliphatic rings. The Labute approximate surface area is 129 Å². The summed E-state index contributed by atoms with van der Waals surface area (Å²) in [5.41, 5.74) is 1.77. The van der Waals surface area contributed by atoms with Crippen molar-refractivity contribution in [3.8, 4) is 0 Å². The van der Waals surface area contributed by atoms with E-state index < -0.39 is 0 Å². The van der Waals surface area contributed by atoms with Crippen LogP contribution < -0.4 is 5.32 Å². The van der Waals surface area contributed by atoms with E-state index in [-0.39, 0.29) is 17.9 Å². The number of rotatable bonds is 4. The summed E-state index contributed by atoms with van der Waals surface area (Å²) in [4.78, 5) is 12.4. The topological polar surface area (TPSA) is 62.7 Å². The summed E-state index contributed by atoms with van der Waals surface area (Å²) in [5, 5.41) is 10.0. The second-order valence-electron chi connectivity index (χ2n) is 5.51. The molecule has 1 atom stereocenters. The van der Waals surface area contributed by atoms with Crippen molar-refractivity contribution in [3.05, 3.63) is 46.0 Å². The first-order chi connectivity index (χ1) is 9.90. The molecule has 0 radical (unpaired) electrons. The highest BCUT2D eigenvalue weighted by atomic mass is 32.1. The molecule has 2 N–H and O–H groups in total. The minimum absolute atomic E-state index is 0.109. The molecular weight excluding hydrogens is 284 g/mol. The van der Waals surface area contributed by atoms with Crippen LogP contribution in [0.15, 0.2) is 24.3 Å². The highest BCUT2D eigenvalue weighted by Gasteiger charge is 2.23. The summed E-state index contributed by atoms with van der Waals surface area (Å²) in [5.74, 6) is 0.821. The second-order valence-corrected chi connectivity index (χ2v) is 5.89. The van der Waals surface area contributed by atoms with Crippen LogP contribution in [0.25, 0.3) is 0 Å². The van der Waals surface area contributed by atoms with Crippen LogP contribution in [0.3, 0.4) is 0 Å². The SMILES string of the molecule is Cc1ccc(C(=O)N[C@@H](c2n[nH]c(=S)n2C)C(C)C)cc1. The number of carbonyl (C=O) groups is 1. The molecule has 2 rings (SSSR count). The van der Waals surface area contributed by atoms with Gasteiger partial charge >= 0.3 is 0 Å². The number of aromatic amines is 1. The van der Waals surface area contributed by atoms with Gasteiger partial charge in [-0.25, -0.2) is 0 Å². The molecule has 112 valence electrons. The van der Waals surface area contributed by atoms with Crippen molar-refractivity contribution in [1.82, 2.24) is 20.1 Å². The lowest BCUT2D eigenvalue weighted by molar-refractivity contribution is 0.0922. The monoisotopic (exact) mass is 304 g/mol. The van der Waals surface area contributed by atoms with E-state index in [1.54, 1.807) is 4.57 Å². The first-order valence-electron chi connectivity index (χ1n) is 6.89. The van der Waals surface area contributed by atoms with E-state index in [0.29, 0.717) is 10.3 Å². The van der Waals surface area contributed by atoms with Gasteiger partial charge in [0.25, 0.3) is 5.91 Å². The molecule has 2 aromatic rings. The van der Waals surface area contributed by atoms with Gasteiger partial charge in [-0.3, -0.25) is 9.89 Å². The van der Waals surface area contributed by atoms with E-state index in [4.69, 9.17) is 12.2 Å². The molecule has 0 unspecified atom stereocenters. The van der Waals surface area contributed by atoms with E-state index in [2.05, 4.69) is 15.5 Å². The molecule has 0 bridgehead atoms. The van der Waals surface area contributed by atoms with E-state index in [1.807, 2.05) is 52.1 Å². The van der Waals surface area contributed by atoms with Crippen LogP contribution in [-0.2, 0) is 7.05 Å². The molecule has 1 heterocycles. The third-order valence-corrected chi connectivity index (χ3v) is 3.82. The van der Waals surface area contributed by atoms with Crippen molar-refractivity contribution in [2.45, 2.75) is 26.8 Å². The smallest absolute Gasteiger partial charge is 0.251 e. The number of carbonyl (C=O) groups excluding carboxylic acids is 1. The number of benzene rings is 1. The molecule has 0 saturated carbocycles. The van der Waals surface area contributed by atoms with E-state index >= 15 is 0 Å². The fraction of sp³-hybridized carbons (Fsp3) is 0.400. The Morgan fingerprint density at radius 2 is 1.95 bits per heavy atom. The maximum Gasteiger partial charge on any atom is 0.251 e. The molecule has 1 aromatic heterocycles. The molecule has 1 amide bonds. The predicted molar refractivity (Wildman–Crippen MR) is 84.6 cm³/mol. The minimum atomic E-state index is -0.197. The van der Waals surface area contributed by atoms with Crippen molar-refractivity contribution < 1.29 is 4.79 Å². The predicted octanol–water partition coefficient (Wildman–Crippen LogP) is 2.91. The molecule has 0 aliphatic carbocycles. The lowest BCUT2D eigenvalue weighted by Crippen LogP contribution is -2.33. The highest BCUT2D eigenvalue weighted by Crippen LogP contribution is 2.20. The van der Waals surface area contributed by atoms with Crippen molar-refractivity contribution in [1.29, 1.82) is 0 Å². The average molecular weight is 304 g/mol. The lowest BCUT2D eigenvalue weighted by atomic mass is 10.0. The van der Waals surface area contributed by atoms with Crippen LogP contribution in [0.2, 0.25) is 0 Å². The van der Waals surface area contributed by atoms with Crippen LogP contribution in [0, 0.1) is 17.6 Å². The van der Waals surface area contributed by atoms with Crippen LogP contribution in [0.4, 0.5) is 0 Å². The molecule has 0 aliphatic heterocycles. The van der Waals surface area contributed by atoms with Crippen LogP contribution in [0.5, 0.6) is 0 Å². The van der Waals surface area contributed by atoms with Gasteiger partial charge in [0.05, 0.1) is 6.04 Å². The van der Waals surface area contributed by atoms with Gasteiger partial charge in [0.15, 0.2) is 10.6 Å². The van der Waals surface area contributed by atoms with E-state index in [9.17, 15) is 4.79 Å². The molecule has 0 fully saturated rings. The standard InChI is InChI=1S/C15H20N4OS/c1-9(2)12(13-17-18-15(21)19(13)4)16-14(20)11-7-5-10(3)6-8-11/h5-9,12H,1-4H3,(H,16,20)(H,18,21)/t12-/m1/s1. The zero-order chi connectivity index (χ0) is 15.6. The van der Waals surface area contributed by atoms with Crippen molar-refractivity contribution in [2.75, 3.05) is 0 Å². The number of hydrogen-bond acceptors (Lipinski definition) is 3. The Bertz CT molecular complexity index is 684. The summed E-state index contributed by atoms with van der Waals surface area (Å²) in [6, 6.07) is 7.30. The molecular formula is C15H20N4OS. The van der Waals surface area contributed by atoms with Gasteiger partial charge in [-0.05, 0) is 37.2 Å². The zero-order valence-electron chi connectivity index (χ0n) is 12.7. The van der Waals surface area contributed by atoms with Crippen molar-refractivity contribution in [3.63, 3.8) is 0 Å². The third-order valence-electron chi connectivity index (χ3n) is 3.46. The number of nitrogens with zero attached hydrogens (tertiary/aromatic N) is 2. The van der Waals surface area contributed by atoms with Gasteiger partial charge < -0.3 is 9.88 Å². The van der Waals surface area contributed by atoms with Gasteiger partial charge in [-0.2, -0.15) is 5.10 Å².